The van der Waals surface area contributed by atoms with Crippen molar-refractivity contribution in [1.82, 2.24) is 16.0 Å². The minimum Gasteiger partial charge on any atom is -0.487 e. The van der Waals surface area contributed by atoms with Crippen molar-refractivity contribution in [3.8, 4) is 5.75 Å². The van der Waals surface area contributed by atoms with Gasteiger partial charge in [0.2, 0.25) is 0 Å². The van der Waals surface area contributed by atoms with Gasteiger partial charge in [0.25, 0.3) is 5.91 Å². The summed E-state index contributed by atoms with van der Waals surface area (Å²) in [5.74, 6) is 1.56. The molecule has 156 valence electrons. The maximum Gasteiger partial charge on any atom is 0.251 e. The van der Waals surface area contributed by atoms with E-state index in [1.54, 1.807) is 14.1 Å². The molecule has 1 atom stereocenters. The average molecular weight is 508 g/mol. The van der Waals surface area contributed by atoms with Gasteiger partial charge in [-0.1, -0.05) is 30.3 Å². The lowest BCUT2D eigenvalue weighted by Crippen LogP contribution is -2.45. The number of hydrogen-bond acceptors (Lipinski definition) is 3. The third-order valence-corrected chi connectivity index (χ3v) is 4.81. The van der Waals surface area contributed by atoms with Crippen LogP contribution in [0.25, 0.3) is 0 Å². The number of aliphatic imine (C=N–C) groups is 1. The van der Waals surface area contributed by atoms with Crippen molar-refractivity contribution in [2.75, 3.05) is 14.1 Å². The number of carbonyl (C=O) groups excluding carboxylic acids is 1. The fourth-order valence-electron chi connectivity index (χ4n) is 3.39. The van der Waals surface area contributed by atoms with Crippen molar-refractivity contribution in [2.24, 2.45) is 4.99 Å². The minimum atomic E-state index is -0.249. The fraction of sp³-hybridized carbons (Fsp3) is 0.364. The molecule has 3 N–H and O–H groups in total. The van der Waals surface area contributed by atoms with Crippen LogP contribution >= 0.6 is 24.0 Å². The molecular weight excluding hydrogens is 479 g/mol. The van der Waals surface area contributed by atoms with Crippen LogP contribution in [0, 0.1) is 0 Å². The Morgan fingerprint density at radius 1 is 1.17 bits per heavy atom. The summed E-state index contributed by atoms with van der Waals surface area (Å²) in [5.41, 5.74) is 2.61. The Morgan fingerprint density at radius 3 is 2.52 bits per heavy atom. The minimum absolute atomic E-state index is 0. The Bertz CT molecular complexity index is 865. The zero-order chi connectivity index (χ0) is 20.1. The van der Waals surface area contributed by atoms with Crippen LogP contribution in [0.4, 0.5) is 0 Å². The van der Waals surface area contributed by atoms with Gasteiger partial charge in [-0.25, -0.2) is 0 Å². The van der Waals surface area contributed by atoms with Crippen molar-refractivity contribution < 1.29 is 9.53 Å². The summed E-state index contributed by atoms with van der Waals surface area (Å²) in [5, 5.41) is 9.50. The highest BCUT2D eigenvalue weighted by Gasteiger charge is 2.33. The lowest BCUT2D eigenvalue weighted by molar-refractivity contribution is 0.0694. The first-order chi connectivity index (χ1) is 13.4. The third kappa shape index (κ3) is 5.85. The smallest absolute Gasteiger partial charge is 0.251 e. The molecule has 1 amide bonds. The molecule has 1 aliphatic rings. The van der Waals surface area contributed by atoms with Gasteiger partial charge in [-0.05, 0) is 37.6 Å². The fourth-order valence-corrected chi connectivity index (χ4v) is 3.39. The van der Waals surface area contributed by atoms with Crippen molar-refractivity contribution in [3.63, 3.8) is 0 Å². The molecule has 0 saturated heterocycles. The van der Waals surface area contributed by atoms with E-state index < -0.39 is 0 Å². The van der Waals surface area contributed by atoms with Gasteiger partial charge in [-0.3, -0.25) is 9.79 Å². The lowest BCUT2D eigenvalue weighted by atomic mass is 9.90. The van der Waals surface area contributed by atoms with Crippen LogP contribution in [0.1, 0.15) is 47.8 Å². The highest BCUT2D eigenvalue weighted by atomic mass is 127. The number of hydrogen-bond donors (Lipinski definition) is 3. The van der Waals surface area contributed by atoms with Crippen molar-refractivity contribution in [2.45, 2.75) is 38.5 Å². The molecule has 0 saturated carbocycles. The van der Waals surface area contributed by atoms with Crippen molar-refractivity contribution in [1.29, 1.82) is 0 Å². The Hall–Kier alpha value is -2.29. The molecule has 0 bridgehead atoms. The molecule has 3 rings (SSSR count). The number of carbonyl (C=O) groups is 1. The SMILES string of the molecule is CN=C(NCc1ccc(C(=O)NC)cc1)NC1CC(C)(C)Oc2ccccc21.I. The number of para-hydroxylation sites is 1. The summed E-state index contributed by atoms with van der Waals surface area (Å²) in [6, 6.07) is 15.8. The van der Waals surface area contributed by atoms with E-state index in [1.807, 2.05) is 42.5 Å². The largest absolute Gasteiger partial charge is 0.487 e. The van der Waals surface area contributed by atoms with E-state index in [1.165, 1.54) is 0 Å². The number of halogens is 1. The second-order valence-electron chi connectivity index (χ2n) is 7.50. The summed E-state index contributed by atoms with van der Waals surface area (Å²) in [4.78, 5) is 16.0. The number of benzene rings is 2. The molecule has 2 aromatic rings. The zero-order valence-corrected chi connectivity index (χ0v) is 19.6. The third-order valence-electron chi connectivity index (χ3n) is 4.81. The maximum absolute atomic E-state index is 11.6. The first kappa shape index (κ1) is 23.0. The number of nitrogens with zero attached hydrogens (tertiary/aromatic N) is 1. The molecule has 0 fully saturated rings. The van der Waals surface area contributed by atoms with Crippen LogP contribution in [0.3, 0.4) is 0 Å². The van der Waals surface area contributed by atoms with Gasteiger partial charge < -0.3 is 20.7 Å². The molecule has 0 radical (unpaired) electrons. The standard InChI is InChI=1S/C22H28N4O2.HI/c1-22(2)13-18(17-7-5-6-8-19(17)28-22)26-21(24-4)25-14-15-9-11-16(12-10-15)20(27)23-3;/h5-12,18H,13-14H2,1-4H3,(H,23,27)(H2,24,25,26);1H. The van der Waals surface area contributed by atoms with E-state index in [-0.39, 0.29) is 41.5 Å². The zero-order valence-electron chi connectivity index (χ0n) is 17.3. The normalized spacial score (nSPS) is 17.2. The molecule has 7 heteroatoms. The molecule has 0 aromatic heterocycles. The van der Waals surface area contributed by atoms with Gasteiger partial charge in [0.15, 0.2) is 5.96 Å². The van der Waals surface area contributed by atoms with Gasteiger partial charge in [0.1, 0.15) is 11.4 Å². The quantitative estimate of drug-likeness (QED) is 0.335. The van der Waals surface area contributed by atoms with Gasteiger partial charge >= 0.3 is 0 Å². The number of amides is 1. The van der Waals surface area contributed by atoms with E-state index in [4.69, 9.17) is 4.74 Å². The molecule has 1 unspecified atom stereocenters. The Kier molecular flexibility index (Phi) is 7.89. The van der Waals surface area contributed by atoms with Crippen LogP contribution < -0.4 is 20.7 Å². The van der Waals surface area contributed by atoms with E-state index in [0.717, 1.165) is 29.3 Å². The second-order valence-corrected chi connectivity index (χ2v) is 7.50. The topological polar surface area (TPSA) is 74.8 Å². The number of nitrogens with one attached hydrogen (secondary N) is 3. The predicted octanol–water partition coefficient (Wildman–Crippen LogP) is 3.63. The van der Waals surface area contributed by atoms with E-state index >= 15 is 0 Å². The summed E-state index contributed by atoms with van der Waals surface area (Å²) < 4.78 is 6.10. The molecule has 0 spiro atoms. The second kappa shape index (κ2) is 9.96. The van der Waals surface area contributed by atoms with Crippen LogP contribution in [-0.4, -0.2) is 31.6 Å². The van der Waals surface area contributed by atoms with Crippen LogP contribution in [0.2, 0.25) is 0 Å². The van der Waals surface area contributed by atoms with Gasteiger partial charge in [0, 0.05) is 38.2 Å². The summed E-state index contributed by atoms with van der Waals surface area (Å²) in [6.07, 6.45) is 0.839. The van der Waals surface area contributed by atoms with E-state index in [0.29, 0.717) is 12.1 Å². The highest BCUT2D eigenvalue weighted by Crippen LogP contribution is 2.39. The molecule has 1 heterocycles. The van der Waals surface area contributed by atoms with Crippen molar-refractivity contribution >= 4 is 35.8 Å². The van der Waals surface area contributed by atoms with E-state index in [9.17, 15) is 4.79 Å². The summed E-state index contributed by atoms with van der Waals surface area (Å²) >= 11 is 0. The Morgan fingerprint density at radius 2 is 1.86 bits per heavy atom. The van der Waals surface area contributed by atoms with Gasteiger partial charge in [-0.15, -0.1) is 24.0 Å². The van der Waals surface area contributed by atoms with Crippen LogP contribution in [-0.2, 0) is 6.54 Å². The molecule has 29 heavy (non-hydrogen) atoms. The summed E-state index contributed by atoms with van der Waals surface area (Å²) in [7, 11) is 3.39. The number of fused-ring (bicyclic) bond motifs is 1. The average Bonchev–Trinajstić information content (AvgIpc) is 2.70. The molecule has 2 aromatic carbocycles. The number of ether oxygens (including phenoxy) is 1. The first-order valence-electron chi connectivity index (χ1n) is 9.48. The lowest BCUT2D eigenvalue weighted by Gasteiger charge is -2.38. The first-order valence-corrected chi connectivity index (χ1v) is 9.48. The highest BCUT2D eigenvalue weighted by molar-refractivity contribution is 14.0. The Balaban J connectivity index is 0.00000300. The molecule has 0 aliphatic carbocycles. The number of rotatable bonds is 4. The van der Waals surface area contributed by atoms with Crippen LogP contribution in [0.5, 0.6) is 5.75 Å². The van der Waals surface area contributed by atoms with Gasteiger partial charge in [0.05, 0.1) is 6.04 Å². The number of guanidine groups is 1. The van der Waals surface area contributed by atoms with Gasteiger partial charge in [-0.2, -0.15) is 0 Å². The predicted molar refractivity (Wildman–Crippen MR) is 127 cm³/mol. The van der Waals surface area contributed by atoms with E-state index in [2.05, 4.69) is 40.9 Å². The van der Waals surface area contributed by atoms with Crippen molar-refractivity contribution in [3.05, 3.63) is 65.2 Å². The van der Waals surface area contributed by atoms with Crippen LogP contribution in [0.15, 0.2) is 53.5 Å². The maximum atomic E-state index is 11.6. The molecular formula is C22H29IN4O2. The molecule has 1 aliphatic heterocycles. The monoisotopic (exact) mass is 508 g/mol. The summed E-state index contributed by atoms with van der Waals surface area (Å²) in [6.45, 7) is 4.81. The Labute approximate surface area is 189 Å². The molecule has 6 nitrogen and oxygen atoms in total.